The zero-order chi connectivity index (χ0) is 16.2. The van der Waals surface area contributed by atoms with Gasteiger partial charge in [-0.25, -0.2) is 4.39 Å². The lowest BCUT2D eigenvalue weighted by Gasteiger charge is -1.98. The van der Waals surface area contributed by atoms with E-state index in [9.17, 15) is 4.39 Å². The Morgan fingerprint density at radius 3 is 2.78 bits per heavy atom. The first-order chi connectivity index (χ1) is 11.1. The fourth-order valence-corrected chi connectivity index (χ4v) is 2.43. The smallest absolute Gasteiger partial charge is 0.240 e. The number of hydrogen-bond acceptors (Lipinski definition) is 3. The van der Waals surface area contributed by atoms with Crippen LogP contribution in [0.4, 0.5) is 4.39 Å². The molecule has 0 spiro atoms. The van der Waals surface area contributed by atoms with Crippen molar-refractivity contribution in [2.24, 2.45) is 0 Å². The van der Waals surface area contributed by atoms with Gasteiger partial charge in [0.15, 0.2) is 0 Å². The highest BCUT2D eigenvalue weighted by molar-refractivity contribution is 6.32. The predicted octanol–water partition coefficient (Wildman–Crippen LogP) is 4.93. The molecule has 0 fully saturated rings. The van der Waals surface area contributed by atoms with Gasteiger partial charge in [-0.15, -0.1) is 10.2 Å². The minimum atomic E-state index is -0.370. The number of hydrogen-bond donors (Lipinski definition) is 0. The number of benzene rings is 2. The summed E-state index contributed by atoms with van der Waals surface area (Å²) < 4.78 is 18.6. The summed E-state index contributed by atoms with van der Waals surface area (Å²) >= 11 is 5.97. The molecule has 116 valence electrons. The SMILES string of the molecule is Cc1cccc(Cc2nnc(/C=C/c3ccc(F)cc3Cl)o2)c1. The van der Waals surface area contributed by atoms with Crippen molar-refractivity contribution in [1.82, 2.24) is 10.2 Å². The standard InChI is InChI=1S/C18H14ClFN2O/c1-12-3-2-4-13(9-12)10-18-22-21-17(23-18)8-6-14-5-7-15(20)11-16(14)19/h2-9,11H,10H2,1H3/b8-6+. The third-order valence-electron chi connectivity index (χ3n) is 3.29. The third-order valence-corrected chi connectivity index (χ3v) is 3.62. The Hall–Kier alpha value is -2.46. The largest absolute Gasteiger partial charge is 0.421 e. The molecule has 0 aliphatic heterocycles. The molecule has 0 aliphatic rings. The molecule has 0 radical (unpaired) electrons. The van der Waals surface area contributed by atoms with Crippen molar-refractivity contribution in [3.63, 3.8) is 0 Å². The van der Waals surface area contributed by atoms with E-state index in [0.717, 1.165) is 5.56 Å². The maximum absolute atomic E-state index is 13.0. The summed E-state index contributed by atoms with van der Waals surface area (Å²) in [5, 5.41) is 8.34. The van der Waals surface area contributed by atoms with Crippen LogP contribution in [0.15, 0.2) is 46.9 Å². The van der Waals surface area contributed by atoms with Gasteiger partial charge in [-0.2, -0.15) is 0 Å². The summed E-state index contributed by atoms with van der Waals surface area (Å²) in [6.07, 6.45) is 3.96. The van der Waals surface area contributed by atoms with Gasteiger partial charge >= 0.3 is 0 Å². The minimum absolute atomic E-state index is 0.334. The first kappa shape index (κ1) is 15.4. The fraction of sp³-hybridized carbons (Fsp3) is 0.111. The summed E-state index contributed by atoms with van der Waals surface area (Å²) in [7, 11) is 0. The lowest BCUT2D eigenvalue weighted by Crippen LogP contribution is -1.88. The Morgan fingerprint density at radius 1 is 1.13 bits per heavy atom. The van der Waals surface area contributed by atoms with Crippen LogP contribution in [0.3, 0.4) is 0 Å². The van der Waals surface area contributed by atoms with E-state index in [2.05, 4.69) is 16.3 Å². The van der Waals surface area contributed by atoms with Gasteiger partial charge in [0.2, 0.25) is 11.8 Å². The zero-order valence-corrected chi connectivity index (χ0v) is 13.2. The van der Waals surface area contributed by atoms with E-state index in [-0.39, 0.29) is 5.82 Å². The van der Waals surface area contributed by atoms with Crippen LogP contribution < -0.4 is 0 Å². The van der Waals surface area contributed by atoms with Gasteiger partial charge < -0.3 is 4.42 Å². The van der Waals surface area contributed by atoms with E-state index in [1.165, 1.54) is 17.7 Å². The van der Waals surface area contributed by atoms with Crippen molar-refractivity contribution in [3.05, 3.63) is 81.8 Å². The van der Waals surface area contributed by atoms with E-state index in [1.54, 1.807) is 18.2 Å². The maximum Gasteiger partial charge on any atom is 0.240 e. The molecule has 0 saturated carbocycles. The molecule has 0 saturated heterocycles. The molecule has 0 unspecified atom stereocenters. The molecular weight excluding hydrogens is 315 g/mol. The van der Waals surface area contributed by atoms with Crippen molar-refractivity contribution < 1.29 is 8.81 Å². The van der Waals surface area contributed by atoms with Crippen molar-refractivity contribution >= 4 is 23.8 Å². The van der Waals surface area contributed by atoms with Gasteiger partial charge in [-0.1, -0.05) is 47.5 Å². The number of aryl methyl sites for hydroxylation is 1. The highest BCUT2D eigenvalue weighted by Gasteiger charge is 2.05. The van der Waals surface area contributed by atoms with Gasteiger partial charge in [0.25, 0.3) is 0 Å². The molecule has 5 heteroatoms. The van der Waals surface area contributed by atoms with Crippen molar-refractivity contribution in [1.29, 1.82) is 0 Å². The number of nitrogens with zero attached hydrogens (tertiary/aromatic N) is 2. The first-order valence-electron chi connectivity index (χ1n) is 7.11. The maximum atomic E-state index is 13.0. The van der Waals surface area contributed by atoms with Gasteiger partial charge in [0, 0.05) is 6.08 Å². The third kappa shape index (κ3) is 4.05. The molecule has 0 N–H and O–H groups in total. The number of halogens is 2. The fourth-order valence-electron chi connectivity index (χ4n) is 2.20. The van der Waals surface area contributed by atoms with Gasteiger partial charge in [0.1, 0.15) is 5.82 Å². The van der Waals surface area contributed by atoms with Crippen LogP contribution in [0.2, 0.25) is 5.02 Å². The molecule has 2 aromatic carbocycles. The average Bonchev–Trinajstić information content (AvgIpc) is 2.94. The van der Waals surface area contributed by atoms with Crippen molar-refractivity contribution in [2.45, 2.75) is 13.3 Å². The second-order valence-corrected chi connectivity index (χ2v) is 5.61. The van der Waals surface area contributed by atoms with E-state index in [4.69, 9.17) is 16.0 Å². The molecule has 0 amide bonds. The van der Waals surface area contributed by atoms with Crippen molar-refractivity contribution in [3.8, 4) is 0 Å². The molecule has 1 aromatic heterocycles. The summed E-state index contributed by atoms with van der Waals surface area (Å²) in [6, 6.07) is 12.3. The van der Waals surface area contributed by atoms with Crippen LogP contribution in [0.25, 0.3) is 12.2 Å². The second kappa shape index (κ2) is 6.75. The van der Waals surface area contributed by atoms with Crippen molar-refractivity contribution in [2.75, 3.05) is 0 Å². The molecule has 0 aliphatic carbocycles. The molecule has 23 heavy (non-hydrogen) atoms. The Bertz CT molecular complexity index is 858. The van der Waals surface area contributed by atoms with E-state index in [1.807, 2.05) is 25.1 Å². The molecular formula is C18H14ClFN2O. The van der Waals surface area contributed by atoms with Crippen LogP contribution in [0, 0.1) is 12.7 Å². The monoisotopic (exact) mass is 328 g/mol. The highest BCUT2D eigenvalue weighted by atomic mass is 35.5. The van der Waals surface area contributed by atoms with Crippen LogP contribution >= 0.6 is 11.6 Å². The Labute approximate surface area is 138 Å². The summed E-state index contributed by atoms with van der Waals surface area (Å²) in [5.74, 6) is 0.555. The van der Waals surface area contributed by atoms with E-state index in [0.29, 0.717) is 28.8 Å². The lowest BCUT2D eigenvalue weighted by atomic mass is 10.1. The number of rotatable bonds is 4. The van der Waals surface area contributed by atoms with Crippen LogP contribution in [0.1, 0.15) is 28.5 Å². The molecule has 0 atom stereocenters. The predicted molar refractivity (Wildman–Crippen MR) is 88.6 cm³/mol. The Morgan fingerprint density at radius 2 is 2.00 bits per heavy atom. The topological polar surface area (TPSA) is 38.9 Å². The molecule has 3 nitrogen and oxygen atoms in total. The molecule has 3 rings (SSSR count). The summed E-state index contributed by atoms with van der Waals surface area (Å²) in [5.41, 5.74) is 2.99. The number of aromatic nitrogens is 2. The molecule has 0 bridgehead atoms. The van der Waals surface area contributed by atoms with Gasteiger partial charge in [0.05, 0.1) is 11.4 Å². The second-order valence-electron chi connectivity index (χ2n) is 5.20. The Balaban J connectivity index is 1.73. The highest BCUT2D eigenvalue weighted by Crippen LogP contribution is 2.20. The van der Waals surface area contributed by atoms with Crippen LogP contribution in [-0.4, -0.2) is 10.2 Å². The van der Waals surface area contributed by atoms with Crippen LogP contribution in [0.5, 0.6) is 0 Å². The van der Waals surface area contributed by atoms with E-state index >= 15 is 0 Å². The lowest BCUT2D eigenvalue weighted by molar-refractivity contribution is 0.496. The first-order valence-corrected chi connectivity index (χ1v) is 7.49. The molecule has 3 aromatic rings. The van der Waals surface area contributed by atoms with Gasteiger partial charge in [-0.05, 0) is 36.3 Å². The molecule has 1 heterocycles. The summed E-state index contributed by atoms with van der Waals surface area (Å²) in [4.78, 5) is 0. The Kier molecular flexibility index (Phi) is 4.53. The summed E-state index contributed by atoms with van der Waals surface area (Å²) in [6.45, 7) is 2.04. The average molecular weight is 329 g/mol. The van der Waals surface area contributed by atoms with Crippen LogP contribution in [-0.2, 0) is 6.42 Å². The quantitative estimate of drug-likeness (QED) is 0.681. The van der Waals surface area contributed by atoms with E-state index < -0.39 is 0 Å². The zero-order valence-electron chi connectivity index (χ0n) is 12.5. The minimum Gasteiger partial charge on any atom is -0.421 e. The normalized spacial score (nSPS) is 11.3. The van der Waals surface area contributed by atoms with Gasteiger partial charge in [-0.3, -0.25) is 0 Å².